The summed E-state index contributed by atoms with van der Waals surface area (Å²) in [6.07, 6.45) is -0.625. The lowest BCUT2D eigenvalue weighted by Gasteiger charge is -2.35. The van der Waals surface area contributed by atoms with Gasteiger partial charge in [0.2, 0.25) is 0 Å². The van der Waals surface area contributed by atoms with E-state index < -0.39 is 11.9 Å². The second kappa shape index (κ2) is 8.94. The van der Waals surface area contributed by atoms with Gasteiger partial charge in [-0.2, -0.15) is 0 Å². The van der Waals surface area contributed by atoms with E-state index in [2.05, 4.69) is 34.1 Å². The molecule has 5 heteroatoms. The minimum atomic E-state index is -0.625. The molecule has 4 nitrogen and oxygen atoms in total. The molecule has 25 heavy (non-hydrogen) atoms. The van der Waals surface area contributed by atoms with Crippen LogP contribution in [0.25, 0.3) is 0 Å². The Kier molecular flexibility index (Phi) is 6.39. The molecule has 0 spiro atoms. The summed E-state index contributed by atoms with van der Waals surface area (Å²) in [6.45, 7) is 5.42. The molecule has 2 aromatic carbocycles. The van der Waals surface area contributed by atoms with E-state index in [0.29, 0.717) is 6.54 Å². The third-order valence-electron chi connectivity index (χ3n) is 4.45. The molecule has 0 aromatic heterocycles. The average molecular weight is 344 g/mol. The monoisotopic (exact) mass is 344 g/mol. The summed E-state index contributed by atoms with van der Waals surface area (Å²) in [4.78, 5) is 4.66. The van der Waals surface area contributed by atoms with Crippen LogP contribution in [0.15, 0.2) is 54.6 Å². The summed E-state index contributed by atoms with van der Waals surface area (Å²) in [5.74, 6) is -0.210. The van der Waals surface area contributed by atoms with E-state index in [1.54, 1.807) is 18.2 Å². The average Bonchev–Trinajstić information content (AvgIpc) is 2.64. The Hall–Kier alpha value is -1.95. The van der Waals surface area contributed by atoms with E-state index in [4.69, 9.17) is 4.74 Å². The largest absolute Gasteiger partial charge is 0.488 e. The summed E-state index contributed by atoms with van der Waals surface area (Å²) in [5.41, 5.74) is 1.33. The molecule has 1 saturated heterocycles. The fourth-order valence-corrected chi connectivity index (χ4v) is 3.07. The molecule has 0 unspecified atom stereocenters. The molecule has 2 aromatic rings. The summed E-state index contributed by atoms with van der Waals surface area (Å²) in [5, 5.41) is 10.2. The fraction of sp³-hybridized carbons (Fsp3) is 0.400. The van der Waals surface area contributed by atoms with Crippen molar-refractivity contribution in [2.75, 3.05) is 39.3 Å². The molecule has 3 rings (SSSR count). The highest BCUT2D eigenvalue weighted by Gasteiger charge is 2.19. The van der Waals surface area contributed by atoms with Gasteiger partial charge in [-0.3, -0.25) is 9.80 Å². The van der Waals surface area contributed by atoms with Gasteiger partial charge in [0.25, 0.3) is 0 Å². The minimum absolute atomic E-state index is 0.102. The lowest BCUT2D eigenvalue weighted by molar-refractivity contribution is 0.0437. The van der Waals surface area contributed by atoms with Crippen molar-refractivity contribution in [3.05, 3.63) is 66.0 Å². The van der Waals surface area contributed by atoms with Crippen LogP contribution in [0.3, 0.4) is 0 Å². The van der Waals surface area contributed by atoms with E-state index in [-0.39, 0.29) is 12.4 Å². The highest BCUT2D eigenvalue weighted by molar-refractivity contribution is 5.23. The zero-order valence-electron chi connectivity index (χ0n) is 14.4. The van der Waals surface area contributed by atoms with E-state index in [1.165, 1.54) is 11.6 Å². The Morgan fingerprint density at radius 3 is 2.28 bits per heavy atom. The second-order valence-corrected chi connectivity index (χ2v) is 6.46. The van der Waals surface area contributed by atoms with E-state index >= 15 is 0 Å². The molecule has 0 saturated carbocycles. The van der Waals surface area contributed by atoms with Crippen LogP contribution in [0.2, 0.25) is 0 Å². The molecule has 1 aliphatic rings. The maximum atomic E-state index is 13.5. The van der Waals surface area contributed by atoms with Gasteiger partial charge < -0.3 is 9.84 Å². The number of aliphatic hydroxyl groups excluding tert-OH is 1. The molecule has 1 atom stereocenters. The first-order valence-corrected chi connectivity index (χ1v) is 8.75. The van der Waals surface area contributed by atoms with Gasteiger partial charge in [0.1, 0.15) is 12.7 Å². The van der Waals surface area contributed by atoms with Gasteiger partial charge in [-0.15, -0.1) is 0 Å². The molecular weight excluding hydrogens is 319 g/mol. The van der Waals surface area contributed by atoms with Crippen LogP contribution in [-0.2, 0) is 6.54 Å². The fourth-order valence-electron chi connectivity index (χ4n) is 3.07. The standard InChI is InChI=1S/C20H25FN2O2/c21-19-8-4-5-9-20(19)25-16-18(24)15-23-12-10-22(11-13-23)14-17-6-2-1-3-7-17/h1-9,18,24H,10-16H2/t18-/m1/s1. The summed E-state index contributed by atoms with van der Waals surface area (Å²) < 4.78 is 18.9. The normalized spacial score (nSPS) is 17.4. The molecule has 134 valence electrons. The van der Waals surface area contributed by atoms with Gasteiger partial charge >= 0.3 is 0 Å². The number of aliphatic hydroxyl groups is 1. The predicted octanol–water partition coefficient (Wildman–Crippen LogP) is 2.38. The highest BCUT2D eigenvalue weighted by Crippen LogP contribution is 2.15. The number of halogens is 1. The number of hydrogen-bond acceptors (Lipinski definition) is 4. The van der Waals surface area contributed by atoms with Crippen molar-refractivity contribution >= 4 is 0 Å². The molecular formula is C20H25FN2O2. The van der Waals surface area contributed by atoms with E-state index in [0.717, 1.165) is 32.7 Å². The molecule has 1 heterocycles. The van der Waals surface area contributed by atoms with Crippen molar-refractivity contribution < 1.29 is 14.2 Å². The van der Waals surface area contributed by atoms with Crippen LogP contribution >= 0.6 is 0 Å². The molecule has 0 aliphatic carbocycles. The van der Waals surface area contributed by atoms with Crippen LogP contribution in [0.4, 0.5) is 4.39 Å². The molecule has 1 aliphatic heterocycles. The Morgan fingerprint density at radius 2 is 1.56 bits per heavy atom. The van der Waals surface area contributed by atoms with Crippen molar-refractivity contribution in [3.8, 4) is 5.75 Å². The number of nitrogens with zero attached hydrogens (tertiary/aromatic N) is 2. The van der Waals surface area contributed by atoms with Crippen molar-refractivity contribution in [1.82, 2.24) is 9.80 Å². The highest BCUT2D eigenvalue weighted by atomic mass is 19.1. The maximum Gasteiger partial charge on any atom is 0.165 e. The van der Waals surface area contributed by atoms with E-state index in [9.17, 15) is 9.50 Å². The zero-order valence-corrected chi connectivity index (χ0v) is 14.4. The first-order valence-electron chi connectivity index (χ1n) is 8.75. The lowest BCUT2D eigenvalue weighted by Crippen LogP contribution is -2.48. The number of rotatable bonds is 7. The smallest absolute Gasteiger partial charge is 0.165 e. The van der Waals surface area contributed by atoms with Crippen LogP contribution in [-0.4, -0.2) is 60.3 Å². The van der Waals surface area contributed by atoms with Crippen molar-refractivity contribution in [2.45, 2.75) is 12.6 Å². The molecule has 1 N–H and O–H groups in total. The number of piperazine rings is 1. The summed E-state index contributed by atoms with van der Waals surface area (Å²) in [6, 6.07) is 16.7. The number of hydrogen-bond donors (Lipinski definition) is 1. The lowest BCUT2D eigenvalue weighted by atomic mass is 10.2. The Labute approximate surface area is 148 Å². The molecule has 0 bridgehead atoms. The third kappa shape index (κ3) is 5.53. The van der Waals surface area contributed by atoms with Crippen LogP contribution in [0, 0.1) is 5.82 Å². The van der Waals surface area contributed by atoms with Gasteiger partial charge in [0.15, 0.2) is 11.6 Å². The number of ether oxygens (including phenoxy) is 1. The van der Waals surface area contributed by atoms with Gasteiger partial charge in [-0.05, 0) is 17.7 Å². The quantitative estimate of drug-likeness (QED) is 0.837. The Balaban J connectivity index is 1.37. The van der Waals surface area contributed by atoms with Crippen molar-refractivity contribution in [2.24, 2.45) is 0 Å². The van der Waals surface area contributed by atoms with Crippen molar-refractivity contribution in [1.29, 1.82) is 0 Å². The van der Waals surface area contributed by atoms with Gasteiger partial charge in [-0.25, -0.2) is 4.39 Å². The number of β-amino-alcohol motifs (C(OH)–C–C–N with tert-alkyl or cyclic N) is 1. The van der Waals surface area contributed by atoms with Crippen LogP contribution < -0.4 is 4.74 Å². The number of benzene rings is 2. The summed E-state index contributed by atoms with van der Waals surface area (Å²) >= 11 is 0. The van der Waals surface area contributed by atoms with Crippen LogP contribution in [0.1, 0.15) is 5.56 Å². The zero-order chi connectivity index (χ0) is 17.5. The Morgan fingerprint density at radius 1 is 0.920 bits per heavy atom. The molecule has 0 radical (unpaired) electrons. The Bertz CT molecular complexity index is 645. The van der Waals surface area contributed by atoms with E-state index in [1.807, 2.05) is 6.07 Å². The van der Waals surface area contributed by atoms with Crippen LogP contribution in [0.5, 0.6) is 5.75 Å². The van der Waals surface area contributed by atoms with Gasteiger partial charge in [0, 0.05) is 39.3 Å². The first-order chi connectivity index (χ1) is 12.2. The number of para-hydroxylation sites is 1. The van der Waals surface area contributed by atoms with Gasteiger partial charge in [0.05, 0.1) is 0 Å². The molecule has 1 fully saturated rings. The minimum Gasteiger partial charge on any atom is -0.488 e. The third-order valence-corrected chi connectivity index (χ3v) is 4.45. The summed E-state index contributed by atoms with van der Waals surface area (Å²) in [7, 11) is 0. The topological polar surface area (TPSA) is 35.9 Å². The predicted molar refractivity (Wildman–Crippen MR) is 96.1 cm³/mol. The molecule has 0 amide bonds. The SMILES string of the molecule is O[C@@H](COc1ccccc1F)CN1CCN(Cc2ccccc2)CC1. The second-order valence-electron chi connectivity index (χ2n) is 6.46. The van der Waals surface area contributed by atoms with Crippen molar-refractivity contribution in [3.63, 3.8) is 0 Å². The first kappa shape index (κ1) is 17.9. The maximum absolute atomic E-state index is 13.5. The van der Waals surface area contributed by atoms with Gasteiger partial charge in [-0.1, -0.05) is 42.5 Å².